The van der Waals surface area contributed by atoms with Crippen molar-refractivity contribution >= 4 is 23.2 Å². The van der Waals surface area contributed by atoms with E-state index in [2.05, 4.69) is 10.5 Å². The van der Waals surface area contributed by atoms with Crippen molar-refractivity contribution in [2.24, 2.45) is 0 Å². The van der Waals surface area contributed by atoms with Crippen LogP contribution in [-0.2, 0) is 16.1 Å². The number of fused-ring (bicyclic) bond motifs is 1. The van der Waals surface area contributed by atoms with E-state index >= 15 is 0 Å². The zero-order chi connectivity index (χ0) is 18.8. The molecule has 7 nitrogen and oxygen atoms in total. The van der Waals surface area contributed by atoms with Crippen LogP contribution in [0.1, 0.15) is 30.4 Å². The molecule has 2 amide bonds. The SMILES string of the molecule is Cc1noc(C)c1CN(C)CC(=O)N1c2ccccc2NC(=O)CC1C. The maximum atomic E-state index is 13.0. The first-order valence-electron chi connectivity index (χ1n) is 8.68. The molecule has 3 rings (SSSR count). The molecule has 1 aliphatic heterocycles. The summed E-state index contributed by atoms with van der Waals surface area (Å²) in [5, 5.41) is 6.83. The Bertz CT molecular complexity index is 810. The number of nitrogens with one attached hydrogen (secondary N) is 1. The summed E-state index contributed by atoms with van der Waals surface area (Å²) in [4.78, 5) is 28.8. The number of aryl methyl sites for hydroxylation is 2. The highest BCUT2D eigenvalue weighted by molar-refractivity contribution is 6.04. The topological polar surface area (TPSA) is 78.7 Å². The standard InChI is InChI=1S/C19H24N4O3/c1-12-9-18(24)20-16-7-5-6-8-17(16)23(12)19(25)11-22(4)10-15-13(2)21-26-14(15)3/h5-8,12H,9-11H2,1-4H3,(H,20,24). The van der Waals surface area contributed by atoms with Crippen molar-refractivity contribution in [1.82, 2.24) is 10.1 Å². The van der Waals surface area contributed by atoms with Crippen LogP contribution in [0.4, 0.5) is 11.4 Å². The fraction of sp³-hybridized carbons (Fsp3) is 0.421. The molecule has 1 N–H and O–H groups in total. The lowest BCUT2D eigenvalue weighted by Gasteiger charge is -2.29. The lowest BCUT2D eigenvalue weighted by atomic mass is 10.1. The number of nitrogens with zero attached hydrogens (tertiary/aromatic N) is 3. The molecule has 1 atom stereocenters. The van der Waals surface area contributed by atoms with E-state index in [1.165, 1.54) is 0 Å². The Balaban J connectivity index is 1.79. The van der Waals surface area contributed by atoms with Gasteiger partial charge in [0.2, 0.25) is 11.8 Å². The summed E-state index contributed by atoms with van der Waals surface area (Å²) in [6.07, 6.45) is 0.272. The van der Waals surface area contributed by atoms with E-state index in [4.69, 9.17) is 4.52 Å². The molecule has 1 aliphatic rings. The summed E-state index contributed by atoms with van der Waals surface area (Å²) < 4.78 is 5.19. The number of amides is 2. The molecule has 1 aromatic heterocycles. The van der Waals surface area contributed by atoms with Crippen molar-refractivity contribution < 1.29 is 14.1 Å². The molecule has 2 aromatic rings. The second kappa shape index (κ2) is 7.29. The highest BCUT2D eigenvalue weighted by Gasteiger charge is 2.30. The van der Waals surface area contributed by atoms with Gasteiger partial charge in [-0.15, -0.1) is 0 Å². The molecule has 2 heterocycles. The Labute approximate surface area is 152 Å². The quantitative estimate of drug-likeness (QED) is 0.910. The van der Waals surface area contributed by atoms with E-state index in [0.29, 0.717) is 12.2 Å². The van der Waals surface area contributed by atoms with Gasteiger partial charge in [-0.1, -0.05) is 17.3 Å². The Morgan fingerprint density at radius 2 is 2.12 bits per heavy atom. The van der Waals surface area contributed by atoms with Crippen molar-refractivity contribution in [1.29, 1.82) is 0 Å². The number of benzene rings is 1. The minimum Gasteiger partial charge on any atom is -0.361 e. The minimum atomic E-state index is -0.210. The number of hydrogen-bond acceptors (Lipinski definition) is 5. The third-order valence-corrected chi connectivity index (χ3v) is 4.64. The van der Waals surface area contributed by atoms with Gasteiger partial charge in [-0.3, -0.25) is 14.5 Å². The monoisotopic (exact) mass is 356 g/mol. The Morgan fingerprint density at radius 3 is 2.81 bits per heavy atom. The first kappa shape index (κ1) is 18.1. The number of likely N-dealkylation sites (N-methyl/N-ethyl adjacent to an activating group) is 1. The highest BCUT2D eigenvalue weighted by atomic mass is 16.5. The molecule has 0 saturated heterocycles. The van der Waals surface area contributed by atoms with Crippen molar-refractivity contribution in [3.05, 3.63) is 41.3 Å². The van der Waals surface area contributed by atoms with Crippen LogP contribution in [-0.4, -0.2) is 41.5 Å². The second-order valence-corrected chi connectivity index (χ2v) is 6.86. The third kappa shape index (κ3) is 3.62. The van der Waals surface area contributed by atoms with Gasteiger partial charge in [0.25, 0.3) is 0 Å². The fourth-order valence-electron chi connectivity index (χ4n) is 3.33. The molecule has 1 unspecified atom stereocenters. The van der Waals surface area contributed by atoms with Crippen LogP contribution in [0.2, 0.25) is 0 Å². The van der Waals surface area contributed by atoms with Gasteiger partial charge in [-0.25, -0.2) is 0 Å². The summed E-state index contributed by atoms with van der Waals surface area (Å²) in [6.45, 7) is 6.47. The predicted molar refractivity (Wildman–Crippen MR) is 98.9 cm³/mol. The average molecular weight is 356 g/mol. The van der Waals surface area contributed by atoms with Crippen LogP contribution in [0.15, 0.2) is 28.8 Å². The Morgan fingerprint density at radius 1 is 1.38 bits per heavy atom. The van der Waals surface area contributed by atoms with Gasteiger partial charge >= 0.3 is 0 Å². The number of para-hydroxylation sites is 2. The molecule has 0 saturated carbocycles. The summed E-state index contributed by atoms with van der Waals surface area (Å²) >= 11 is 0. The maximum absolute atomic E-state index is 13.0. The number of rotatable bonds is 4. The van der Waals surface area contributed by atoms with E-state index in [1.807, 2.05) is 57.0 Å². The van der Waals surface area contributed by atoms with Gasteiger partial charge in [-0.2, -0.15) is 0 Å². The van der Waals surface area contributed by atoms with Crippen molar-refractivity contribution in [3.63, 3.8) is 0 Å². The summed E-state index contributed by atoms with van der Waals surface area (Å²) in [5.41, 5.74) is 3.25. The fourth-order valence-corrected chi connectivity index (χ4v) is 3.33. The number of carbonyl (C=O) groups excluding carboxylic acids is 2. The van der Waals surface area contributed by atoms with E-state index < -0.39 is 0 Å². The van der Waals surface area contributed by atoms with Crippen LogP contribution in [0.3, 0.4) is 0 Å². The van der Waals surface area contributed by atoms with Crippen LogP contribution in [0, 0.1) is 13.8 Å². The Hall–Kier alpha value is -2.67. The zero-order valence-corrected chi connectivity index (χ0v) is 15.6. The first-order valence-corrected chi connectivity index (χ1v) is 8.68. The van der Waals surface area contributed by atoms with Gasteiger partial charge in [-0.05, 0) is 40.0 Å². The molecule has 0 aliphatic carbocycles. The van der Waals surface area contributed by atoms with Crippen LogP contribution >= 0.6 is 0 Å². The highest BCUT2D eigenvalue weighted by Crippen LogP contribution is 2.31. The van der Waals surface area contributed by atoms with Crippen LogP contribution < -0.4 is 10.2 Å². The molecular formula is C19H24N4O3. The van der Waals surface area contributed by atoms with Gasteiger partial charge in [0, 0.05) is 24.6 Å². The molecule has 0 radical (unpaired) electrons. The van der Waals surface area contributed by atoms with Crippen LogP contribution in [0.5, 0.6) is 0 Å². The second-order valence-electron chi connectivity index (χ2n) is 6.86. The van der Waals surface area contributed by atoms with Gasteiger partial charge < -0.3 is 14.7 Å². The molecule has 7 heteroatoms. The van der Waals surface area contributed by atoms with Gasteiger partial charge in [0.1, 0.15) is 5.76 Å². The van der Waals surface area contributed by atoms with Crippen molar-refractivity contribution in [2.45, 2.75) is 39.8 Å². The normalized spacial score (nSPS) is 17.0. The predicted octanol–water partition coefficient (Wildman–Crippen LogP) is 2.49. The first-order chi connectivity index (χ1) is 12.4. The smallest absolute Gasteiger partial charge is 0.241 e. The summed E-state index contributed by atoms with van der Waals surface area (Å²) in [6, 6.07) is 7.19. The van der Waals surface area contributed by atoms with E-state index in [0.717, 1.165) is 22.7 Å². The largest absolute Gasteiger partial charge is 0.361 e. The molecular weight excluding hydrogens is 332 g/mol. The lowest BCUT2D eigenvalue weighted by Crippen LogP contribution is -2.44. The number of hydrogen-bond donors (Lipinski definition) is 1. The Kier molecular flexibility index (Phi) is 5.08. The molecule has 138 valence electrons. The molecule has 0 fully saturated rings. The number of anilines is 2. The molecule has 26 heavy (non-hydrogen) atoms. The minimum absolute atomic E-state index is 0.0456. The van der Waals surface area contributed by atoms with E-state index in [-0.39, 0.29) is 30.8 Å². The van der Waals surface area contributed by atoms with Gasteiger partial charge in [0.15, 0.2) is 0 Å². The van der Waals surface area contributed by atoms with E-state index in [1.54, 1.807) is 4.90 Å². The average Bonchev–Trinajstić information content (AvgIpc) is 2.81. The third-order valence-electron chi connectivity index (χ3n) is 4.64. The maximum Gasteiger partial charge on any atom is 0.241 e. The molecule has 1 aromatic carbocycles. The molecule has 0 spiro atoms. The molecule has 0 bridgehead atoms. The van der Waals surface area contributed by atoms with Crippen molar-refractivity contribution in [2.75, 3.05) is 23.8 Å². The van der Waals surface area contributed by atoms with Gasteiger partial charge in [0.05, 0.1) is 23.6 Å². The number of carbonyl (C=O) groups is 2. The zero-order valence-electron chi connectivity index (χ0n) is 15.6. The summed E-state index contributed by atoms with van der Waals surface area (Å²) in [5.74, 6) is 0.644. The van der Waals surface area contributed by atoms with E-state index in [9.17, 15) is 9.59 Å². The van der Waals surface area contributed by atoms with Crippen molar-refractivity contribution in [3.8, 4) is 0 Å². The van der Waals surface area contributed by atoms with Crippen LogP contribution in [0.25, 0.3) is 0 Å². The summed E-state index contributed by atoms with van der Waals surface area (Å²) in [7, 11) is 1.89. The lowest BCUT2D eigenvalue weighted by molar-refractivity contribution is -0.120. The number of aromatic nitrogens is 1.